The van der Waals surface area contributed by atoms with Gasteiger partial charge in [0, 0.05) is 16.7 Å². The lowest BCUT2D eigenvalue weighted by atomic mass is 10.0. The first-order chi connectivity index (χ1) is 9.32. The largest absolute Gasteiger partial charge is 0.272 e. The Balaban J connectivity index is 2.46. The predicted octanol–water partition coefficient (Wildman–Crippen LogP) is 5.24. The fraction of sp³-hybridized carbons (Fsp3) is 0.143. The molecule has 0 unspecified atom stereocenters. The van der Waals surface area contributed by atoms with Crippen LogP contribution in [0, 0.1) is 17.0 Å². The number of hydrogen-bond donors (Lipinski definition) is 0. The minimum absolute atomic E-state index is 0.0361. The minimum atomic E-state index is -1.29. The molecule has 0 amide bonds. The first-order valence-corrected chi connectivity index (χ1v) is 6.85. The number of nitro groups is 1. The predicted molar refractivity (Wildman–Crippen MR) is 81.8 cm³/mol. The number of nitrogens with zero attached hydrogens (tertiary/aromatic N) is 1. The van der Waals surface area contributed by atoms with Crippen LogP contribution in [0.15, 0.2) is 42.5 Å². The van der Waals surface area contributed by atoms with Crippen molar-refractivity contribution in [2.45, 2.75) is 11.3 Å². The highest BCUT2D eigenvalue weighted by Crippen LogP contribution is 2.42. The molecule has 2 aromatic carbocycles. The van der Waals surface area contributed by atoms with E-state index >= 15 is 0 Å². The lowest BCUT2D eigenvalue weighted by Gasteiger charge is -2.21. The second-order valence-electron chi connectivity index (χ2n) is 4.34. The molecule has 104 valence electrons. The number of nitro benzene ring substituents is 1. The molecule has 3 nitrogen and oxygen atoms in total. The highest BCUT2D eigenvalue weighted by atomic mass is 35.5. The van der Waals surface area contributed by atoms with Crippen LogP contribution < -0.4 is 0 Å². The number of halogens is 3. The molecule has 2 rings (SSSR count). The van der Waals surface area contributed by atoms with Gasteiger partial charge >= 0.3 is 0 Å². The van der Waals surface area contributed by atoms with E-state index in [0.29, 0.717) is 21.7 Å². The van der Waals surface area contributed by atoms with E-state index in [4.69, 9.17) is 34.8 Å². The molecule has 0 aliphatic heterocycles. The maximum absolute atomic E-state index is 10.8. The molecule has 20 heavy (non-hydrogen) atoms. The van der Waals surface area contributed by atoms with Gasteiger partial charge in [-0.2, -0.15) is 0 Å². The average Bonchev–Trinajstić information content (AvgIpc) is 2.38. The fourth-order valence-electron chi connectivity index (χ4n) is 1.88. The van der Waals surface area contributed by atoms with E-state index in [-0.39, 0.29) is 5.69 Å². The maximum atomic E-state index is 10.8. The Morgan fingerprint density at radius 1 is 1.05 bits per heavy atom. The van der Waals surface area contributed by atoms with Gasteiger partial charge in [0.1, 0.15) is 0 Å². The van der Waals surface area contributed by atoms with Gasteiger partial charge in [-0.05, 0) is 42.3 Å². The zero-order valence-corrected chi connectivity index (χ0v) is 12.7. The highest BCUT2D eigenvalue weighted by Gasteiger charge is 2.30. The molecule has 0 aliphatic rings. The van der Waals surface area contributed by atoms with Gasteiger partial charge in [0.25, 0.3) is 5.69 Å². The summed E-state index contributed by atoms with van der Waals surface area (Å²) in [6.45, 7) is 1.65. The zero-order valence-electron chi connectivity index (χ0n) is 10.4. The van der Waals surface area contributed by atoms with E-state index in [0.717, 1.165) is 0 Å². The molecule has 0 heterocycles. The summed E-state index contributed by atoms with van der Waals surface area (Å²) < 4.78 is -1.29. The van der Waals surface area contributed by atoms with Crippen molar-refractivity contribution in [1.29, 1.82) is 0 Å². The van der Waals surface area contributed by atoms with E-state index in [2.05, 4.69) is 0 Å². The van der Waals surface area contributed by atoms with Gasteiger partial charge in [0.2, 0.25) is 0 Å². The van der Waals surface area contributed by atoms with Crippen molar-refractivity contribution in [2.24, 2.45) is 0 Å². The molecule has 0 aliphatic carbocycles. The van der Waals surface area contributed by atoms with Crippen molar-refractivity contribution in [3.63, 3.8) is 0 Å². The Labute approximate surface area is 131 Å². The number of benzene rings is 2. The Kier molecular flexibility index (Phi) is 4.23. The SMILES string of the molecule is Cc1cc(C(Cl)(Cl)c2ccc(Cl)cc2)ccc1[N+](=O)[O-]. The molecule has 2 aromatic rings. The summed E-state index contributed by atoms with van der Waals surface area (Å²) in [6.07, 6.45) is 0. The zero-order chi connectivity index (χ0) is 14.9. The summed E-state index contributed by atoms with van der Waals surface area (Å²) in [4.78, 5) is 10.4. The minimum Gasteiger partial charge on any atom is -0.258 e. The van der Waals surface area contributed by atoms with Crippen molar-refractivity contribution in [2.75, 3.05) is 0 Å². The number of rotatable bonds is 3. The van der Waals surface area contributed by atoms with Crippen molar-refractivity contribution < 1.29 is 4.92 Å². The first-order valence-electron chi connectivity index (χ1n) is 5.72. The van der Waals surface area contributed by atoms with Gasteiger partial charge in [-0.3, -0.25) is 10.1 Å². The van der Waals surface area contributed by atoms with Crippen LogP contribution in [-0.4, -0.2) is 4.92 Å². The monoisotopic (exact) mass is 329 g/mol. The summed E-state index contributed by atoms with van der Waals surface area (Å²) in [5.41, 5.74) is 1.77. The fourth-order valence-corrected chi connectivity index (χ4v) is 2.49. The van der Waals surface area contributed by atoms with Gasteiger partial charge in [-0.25, -0.2) is 0 Å². The molecule has 0 aromatic heterocycles. The van der Waals surface area contributed by atoms with Crippen LogP contribution in [0.1, 0.15) is 16.7 Å². The molecule has 0 N–H and O–H groups in total. The number of alkyl halides is 2. The van der Waals surface area contributed by atoms with Crippen molar-refractivity contribution in [1.82, 2.24) is 0 Å². The summed E-state index contributed by atoms with van der Waals surface area (Å²) >= 11 is 18.6. The Morgan fingerprint density at radius 3 is 2.10 bits per heavy atom. The van der Waals surface area contributed by atoms with E-state index in [1.807, 2.05) is 0 Å². The molecule has 0 bridgehead atoms. The van der Waals surface area contributed by atoms with Crippen LogP contribution in [-0.2, 0) is 4.33 Å². The lowest BCUT2D eigenvalue weighted by molar-refractivity contribution is -0.385. The lowest BCUT2D eigenvalue weighted by Crippen LogP contribution is -2.12. The van der Waals surface area contributed by atoms with Crippen LogP contribution in [0.25, 0.3) is 0 Å². The molecule has 0 radical (unpaired) electrons. The van der Waals surface area contributed by atoms with Crippen LogP contribution in [0.4, 0.5) is 5.69 Å². The van der Waals surface area contributed by atoms with Gasteiger partial charge in [-0.1, -0.05) is 46.9 Å². The molecule has 0 saturated carbocycles. The second kappa shape index (κ2) is 5.60. The van der Waals surface area contributed by atoms with Crippen LogP contribution >= 0.6 is 34.8 Å². The van der Waals surface area contributed by atoms with Gasteiger partial charge < -0.3 is 0 Å². The van der Waals surface area contributed by atoms with Crippen molar-refractivity contribution in [3.05, 3.63) is 74.3 Å². The number of hydrogen-bond acceptors (Lipinski definition) is 2. The van der Waals surface area contributed by atoms with Crippen molar-refractivity contribution in [3.8, 4) is 0 Å². The Hall–Kier alpha value is -1.29. The van der Waals surface area contributed by atoms with E-state index in [1.54, 1.807) is 43.3 Å². The van der Waals surface area contributed by atoms with Crippen LogP contribution in [0.5, 0.6) is 0 Å². The summed E-state index contributed by atoms with van der Waals surface area (Å²) in [5, 5.41) is 11.4. The summed E-state index contributed by atoms with van der Waals surface area (Å²) in [6, 6.07) is 11.4. The smallest absolute Gasteiger partial charge is 0.258 e. The first kappa shape index (κ1) is 15.1. The van der Waals surface area contributed by atoms with Gasteiger partial charge in [0.05, 0.1) is 4.92 Å². The normalized spacial score (nSPS) is 11.4. The third-order valence-electron chi connectivity index (χ3n) is 2.96. The molecular weight excluding hydrogens is 321 g/mol. The summed E-state index contributed by atoms with van der Waals surface area (Å²) in [5.74, 6) is 0. The van der Waals surface area contributed by atoms with Gasteiger partial charge in [0.15, 0.2) is 4.33 Å². The molecule has 6 heteroatoms. The second-order valence-corrected chi connectivity index (χ2v) is 6.10. The third kappa shape index (κ3) is 2.90. The summed E-state index contributed by atoms with van der Waals surface area (Å²) in [7, 11) is 0. The van der Waals surface area contributed by atoms with E-state index in [9.17, 15) is 10.1 Å². The van der Waals surface area contributed by atoms with Crippen LogP contribution in [0.2, 0.25) is 5.02 Å². The molecule has 0 spiro atoms. The van der Waals surface area contributed by atoms with Gasteiger partial charge in [-0.15, -0.1) is 0 Å². The molecular formula is C14H10Cl3NO2. The Morgan fingerprint density at radius 2 is 1.60 bits per heavy atom. The highest BCUT2D eigenvalue weighted by molar-refractivity contribution is 6.50. The molecule has 0 atom stereocenters. The molecule has 0 fully saturated rings. The standard InChI is InChI=1S/C14H10Cl3NO2/c1-9-8-11(4-7-13(9)18(19)20)14(16,17)10-2-5-12(15)6-3-10/h2-8H,1H3. The van der Waals surface area contributed by atoms with Crippen molar-refractivity contribution >= 4 is 40.5 Å². The average molecular weight is 331 g/mol. The quantitative estimate of drug-likeness (QED) is 0.439. The third-order valence-corrected chi connectivity index (χ3v) is 4.09. The van der Waals surface area contributed by atoms with E-state index < -0.39 is 9.26 Å². The van der Waals surface area contributed by atoms with Crippen LogP contribution in [0.3, 0.4) is 0 Å². The Bertz CT molecular complexity index is 654. The maximum Gasteiger partial charge on any atom is 0.272 e. The van der Waals surface area contributed by atoms with E-state index in [1.165, 1.54) is 6.07 Å². The topological polar surface area (TPSA) is 43.1 Å². The number of aryl methyl sites for hydroxylation is 1. The molecule has 0 saturated heterocycles.